The molecular formula is C27H38N2O4S. The van der Waals surface area contributed by atoms with Gasteiger partial charge < -0.3 is 10.0 Å². The van der Waals surface area contributed by atoms with E-state index in [1.807, 2.05) is 23.9 Å². The van der Waals surface area contributed by atoms with E-state index < -0.39 is 6.04 Å². The van der Waals surface area contributed by atoms with Crippen LogP contribution in [-0.2, 0) is 16.1 Å². The lowest BCUT2D eigenvalue weighted by Crippen LogP contribution is -2.52. The van der Waals surface area contributed by atoms with E-state index >= 15 is 0 Å². The number of thioether (sulfide) groups is 1. The Morgan fingerprint density at radius 2 is 1.79 bits per heavy atom. The average molecular weight is 487 g/mol. The van der Waals surface area contributed by atoms with E-state index in [1.165, 1.54) is 51.4 Å². The lowest BCUT2D eigenvalue weighted by molar-refractivity contribution is -0.136. The van der Waals surface area contributed by atoms with Gasteiger partial charge in [0.15, 0.2) is 0 Å². The fourth-order valence-electron chi connectivity index (χ4n) is 5.64. The molecule has 7 heteroatoms. The summed E-state index contributed by atoms with van der Waals surface area (Å²) in [5.41, 5.74) is 1.72. The van der Waals surface area contributed by atoms with Crippen molar-refractivity contribution in [3.8, 4) is 0 Å². The summed E-state index contributed by atoms with van der Waals surface area (Å²) in [6.07, 6.45) is 13.9. The van der Waals surface area contributed by atoms with Gasteiger partial charge in [-0.3, -0.25) is 19.7 Å². The summed E-state index contributed by atoms with van der Waals surface area (Å²) in [5, 5.41) is 12.2. The second kappa shape index (κ2) is 12.2. The minimum absolute atomic E-state index is 0.0549. The molecule has 34 heavy (non-hydrogen) atoms. The highest BCUT2D eigenvalue weighted by Gasteiger charge is 2.39. The molecule has 3 atom stereocenters. The number of carbonyl (C=O) groups is 3. The second-order valence-electron chi connectivity index (χ2n) is 10.1. The second-order valence-corrected chi connectivity index (χ2v) is 11.3. The Bertz CT molecular complexity index is 889. The quantitative estimate of drug-likeness (QED) is 0.266. The number of nitrogens with one attached hydrogen (secondary N) is 1. The van der Waals surface area contributed by atoms with Gasteiger partial charge in [0.25, 0.3) is 5.91 Å². The van der Waals surface area contributed by atoms with Gasteiger partial charge in [-0.1, -0.05) is 57.4 Å². The van der Waals surface area contributed by atoms with Gasteiger partial charge in [0.2, 0.25) is 11.8 Å². The maximum Gasteiger partial charge on any atom is 0.255 e. The number of amides is 3. The Balaban J connectivity index is 1.14. The van der Waals surface area contributed by atoms with E-state index in [9.17, 15) is 19.5 Å². The van der Waals surface area contributed by atoms with E-state index in [2.05, 4.69) is 11.4 Å². The first-order valence-electron chi connectivity index (χ1n) is 13.1. The minimum Gasteiger partial charge on any atom is -0.393 e. The first-order chi connectivity index (χ1) is 16.5. The fourth-order valence-corrected chi connectivity index (χ4v) is 6.73. The number of carbonyl (C=O) groups excluding carboxylic acids is 3. The maximum absolute atomic E-state index is 12.9. The summed E-state index contributed by atoms with van der Waals surface area (Å²) in [6.45, 7) is 0.446. The molecule has 0 bridgehead atoms. The summed E-state index contributed by atoms with van der Waals surface area (Å²) < 4.78 is 0. The Hall–Kier alpha value is -1.86. The number of imide groups is 1. The molecule has 0 aromatic heterocycles. The van der Waals surface area contributed by atoms with E-state index in [0.717, 1.165) is 41.4 Å². The van der Waals surface area contributed by atoms with Crippen molar-refractivity contribution in [2.24, 2.45) is 5.92 Å². The highest BCUT2D eigenvalue weighted by Crippen LogP contribution is 2.35. The van der Waals surface area contributed by atoms with E-state index in [0.29, 0.717) is 18.5 Å². The summed E-state index contributed by atoms with van der Waals surface area (Å²) in [4.78, 5) is 39.4. The predicted octanol–water partition coefficient (Wildman–Crippen LogP) is 4.82. The lowest BCUT2D eigenvalue weighted by Gasteiger charge is -2.29. The summed E-state index contributed by atoms with van der Waals surface area (Å²) in [7, 11) is 0. The van der Waals surface area contributed by atoms with Crippen molar-refractivity contribution in [2.75, 3.05) is 5.75 Å². The highest BCUT2D eigenvalue weighted by atomic mass is 32.2. The normalized spacial score (nSPS) is 24.9. The molecule has 1 aliphatic carbocycles. The molecule has 0 spiro atoms. The number of aliphatic hydroxyl groups excluding tert-OH is 1. The van der Waals surface area contributed by atoms with Crippen LogP contribution in [0.1, 0.15) is 99.4 Å². The molecule has 6 nitrogen and oxygen atoms in total. The van der Waals surface area contributed by atoms with Crippen molar-refractivity contribution < 1.29 is 19.5 Å². The third-order valence-electron chi connectivity index (χ3n) is 7.56. The topological polar surface area (TPSA) is 86.7 Å². The number of hydrogen-bond donors (Lipinski definition) is 2. The maximum atomic E-state index is 12.9. The SMILES string of the molecule is O=C1CCC(N2Cc3c(SCCCCCCCC[C@H]4CCC[C@H](O)C4)cccc3C2=O)C(=O)N1. The van der Waals surface area contributed by atoms with Gasteiger partial charge in [-0.05, 0) is 55.1 Å². The van der Waals surface area contributed by atoms with Gasteiger partial charge >= 0.3 is 0 Å². The predicted molar refractivity (Wildman–Crippen MR) is 133 cm³/mol. The Labute approximate surface area is 207 Å². The third kappa shape index (κ3) is 6.42. The van der Waals surface area contributed by atoms with Crippen molar-refractivity contribution in [3.05, 3.63) is 29.3 Å². The van der Waals surface area contributed by atoms with E-state index in [4.69, 9.17) is 0 Å². The van der Waals surface area contributed by atoms with Crippen LogP contribution < -0.4 is 5.32 Å². The summed E-state index contributed by atoms with van der Waals surface area (Å²) in [6, 6.07) is 5.30. The van der Waals surface area contributed by atoms with Crippen LogP contribution in [0, 0.1) is 5.92 Å². The average Bonchev–Trinajstić information content (AvgIpc) is 3.15. The molecule has 1 saturated heterocycles. The van der Waals surface area contributed by atoms with Crippen LogP contribution in [-0.4, -0.2) is 45.6 Å². The van der Waals surface area contributed by atoms with Gasteiger partial charge in [0, 0.05) is 23.4 Å². The first-order valence-corrected chi connectivity index (χ1v) is 14.1. The fraction of sp³-hybridized carbons (Fsp3) is 0.667. The van der Waals surface area contributed by atoms with Crippen LogP contribution in [0.25, 0.3) is 0 Å². The summed E-state index contributed by atoms with van der Waals surface area (Å²) in [5.74, 6) is 1.05. The van der Waals surface area contributed by atoms with Crippen molar-refractivity contribution in [1.29, 1.82) is 0 Å². The molecule has 1 unspecified atom stereocenters. The Kier molecular flexibility index (Phi) is 9.06. The number of piperidine rings is 1. The number of rotatable bonds is 11. The van der Waals surface area contributed by atoms with Gasteiger partial charge in [0.05, 0.1) is 6.10 Å². The molecule has 2 fully saturated rings. The number of fused-ring (bicyclic) bond motifs is 1. The Morgan fingerprint density at radius 1 is 1.00 bits per heavy atom. The van der Waals surface area contributed by atoms with Crippen LogP contribution in [0.3, 0.4) is 0 Å². The van der Waals surface area contributed by atoms with Gasteiger partial charge in [-0.15, -0.1) is 11.8 Å². The third-order valence-corrected chi connectivity index (χ3v) is 8.74. The van der Waals surface area contributed by atoms with Crippen molar-refractivity contribution in [3.63, 3.8) is 0 Å². The van der Waals surface area contributed by atoms with Crippen LogP contribution in [0.2, 0.25) is 0 Å². The van der Waals surface area contributed by atoms with Gasteiger partial charge in [-0.25, -0.2) is 0 Å². The zero-order valence-corrected chi connectivity index (χ0v) is 20.9. The molecule has 1 aromatic carbocycles. The molecule has 3 amide bonds. The molecule has 1 aromatic rings. The zero-order valence-electron chi connectivity index (χ0n) is 20.1. The van der Waals surface area contributed by atoms with Gasteiger partial charge in [-0.2, -0.15) is 0 Å². The molecule has 1 saturated carbocycles. The number of hydrogen-bond acceptors (Lipinski definition) is 5. The molecular weight excluding hydrogens is 448 g/mol. The largest absolute Gasteiger partial charge is 0.393 e. The standard InChI is InChI=1S/C27H38N2O4S/c30-20-11-7-10-19(17-20)9-5-3-1-2-4-6-16-34-24-13-8-12-21-22(24)18-29(27(21)33)23-14-15-25(31)28-26(23)32/h8,12-13,19-20,23,30H,1-7,9-11,14-18H2,(H,28,31,32)/t19-,20-,23?/m0/s1. The number of aliphatic hydroxyl groups is 1. The van der Waals surface area contributed by atoms with E-state index in [-0.39, 0.29) is 30.2 Å². The molecule has 3 aliphatic rings. The highest BCUT2D eigenvalue weighted by molar-refractivity contribution is 7.99. The van der Waals surface area contributed by atoms with E-state index in [1.54, 1.807) is 4.90 Å². The molecule has 2 aliphatic heterocycles. The van der Waals surface area contributed by atoms with Crippen LogP contribution in [0.5, 0.6) is 0 Å². The Morgan fingerprint density at radius 3 is 2.59 bits per heavy atom. The summed E-state index contributed by atoms with van der Waals surface area (Å²) >= 11 is 1.81. The van der Waals surface area contributed by atoms with Gasteiger partial charge in [0.1, 0.15) is 6.04 Å². The van der Waals surface area contributed by atoms with Crippen LogP contribution >= 0.6 is 11.8 Å². The van der Waals surface area contributed by atoms with Crippen molar-refractivity contribution in [1.82, 2.24) is 10.2 Å². The first kappa shape index (κ1) is 25.2. The van der Waals surface area contributed by atoms with Crippen molar-refractivity contribution >= 4 is 29.5 Å². The monoisotopic (exact) mass is 486 g/mol. The number of nitrogens with zero attached hydrogens (tertiary/aromatic N) is 1. The molecule has 0 radical (unpaired) electrons. The number of benzene rings is 1. The molecule has 2 heterocycles. The van der Waals surface area contributed by atoms with Crippen LogP contribution in [0.4, 0.5) is 0 Å². The van der Waals surface area contributed by atoms with Crippen LogP contribution in [0.15, 0.2) is 23.1 Å². The molecule has 2 N–H and O–H groups in total. The molecule has 4 rings (SSSR count). The molecule has 186 valence electrons. The minimum atomic E-state index is -0.557. The lowest BCUT2D eigenvalue weighted by atomic mass is 9.84. The number of unbranched alkanes of at least 4 members (excludes halogenated alkanes) is 5. The van der Waals surface area contributed by atoms with Crippen molar-refractivity contribution in [2.45, 2.75) is 107 Å². The smallest absolute Gasteiger partial charge is 0.255 e. The zero-order chi connectivity index (χ0) is 23.9.